The Morgan fingerprint density at radius 2 is 1.69 bits per heavy atom. The molecule has 35 heavy (non-hydrogen) atoms. The van der Waals surface area contributed by atoms with Gasteiger partial charge in [0, 0.05) is 35.5 Å². The van der Waals surface area contributed by atoms with Crippen molar-refractivity contribution in [1.29, 1.82) is 0 Å². The average molecular weight is 477 g/mol. The standard InChI is InChI=1S/C29H24N4OS/c1-34-24-11-6-10-23(19-24)33-28(27(31-29(33)35)25-12-4-5-16-30-25)26-13-7-17-32(26)22-15-14-20-8-2-3-9-21(20)18-22/h2-19,27-28H,1H3,(H,31,35)/t27-,28+/m1/s1. The van der Waals surface area contributed by atoms with Crippen LogP contribution in [-0.2, 0) is 0 Å². The Morgan fingerprint density at radius 1 is 0.829 bits per heavy atom. The van der Waals surface area contributed by atoms with Crippen LogP contribution < -0.4 is 15.0 Å². The molecule has 0 aliphatic carbocycles. The molecule has 0 bridgehead atoms. The van der Waals surface area contributed by atoms with Crippen molar-refractivity contribution in [1.82, 2.24) is 14.9 Å². The number of nitrogens with zero attached hydrogens (tertiary/aromatic N) is 3. The molecule has 3 heterocycles. The summed E-state index contributed by atoms with van der Waals surface area (Å²) in [5.74, 6) is 0.787. The number of aromatic nitrogens is 2. The molecule has 6 rings (SSSR count). The molecule has 0 amide bonds. The first-order chi connectivity index (χ1) is 17.2. The first kappa shape index (κ1) is 21.4. The SMILES string of the molecule is COc1cccc(N2C(=S)N[C@H](c3ccccn3)[C@@H]2c2cccn2-c2ccc3ccccc3c2)c1. The second-order valence-corrected chi connectivity index (χ2v) is 8.92. The number of nitrogens with one attached hydrogen (secondary N) is 1. The number of pyridine rings is 1. The number of hydrogen-bond acceptors (Lipinski definition) is 3. The number of thiocarbonyl (C=S) groups is 1. The third-order valence-electron chi connectivity index (χ3n) is 6.52. The van der Waals surface area contributed by atoms with Crippen LogP contribution in [0, 0.1) is 0 Å². The van der Waals surface area contributed by atoms with Gasteiger partial charge in [-0.25, -0.2) is 0 Å². The summed E-state index contributed by atoms with van der Waals surface area (Å²) in [4.78, 5) is 6.85. The molecule has 2 aromatic heterocycles. The first-order valence-electron chi connectivity index (χ1n) is 11.5. The second kappa shape index (κ2) is 8.89. The highest BCUT2D eigenvalue weighted by molar-refractivity contribution is 7.80. The van der Waals surface area contributed by atoms with Crippen LogP contribution in [0.5, 0.6) is 5.75 Å². The molecule has 1 saturated heterocycles. The highest BCUT2D eigenvalue weighted by Crippen LogP contribution is 2.43. The van der Waals surface area contributed by atoms with Crippen LogP contribution in [-0.4, -0.2) is 21.8 Å². The lowest BCUT2D eigenvalue weighted by atomic mass is 10.0. The van der Waals surface area contributed by atoms with Gasteiger partial charge in [-0.1, -0.05) is 42.5 Å². The molecule has 1 fully saturated rings. The summed E-state index contributed by atoms with van der Waals surface area (Å²) in [6, 6.07) is 33.0. The zero-order valence-electron chi connectivity index (χ0n) is 19.2. The fraction of sp³-hybridized carbons (Fsp3) is 0.103. The molecule has 0 saturated carbocycles. The van der Waals surface area contributed by atoms with Crippen molar-refractivity contribution in [3.63, 3.8) is 0 Å². The highest BCUT2D eigenvalue weighted by atomic mass is 32.1. The number of rotatable bonds is 5. The van der Waals surface area contributed by atoms with Crippen LogP contribution in [0.1, 0.15) is 23.5 Å². The van der Waals surface area contributed by atoms with E-state index >= 15 is 0 Å². The molecule has 1 aliphatic heterocycles. The second-order valence-electron chi connectivity index (χ2n) is 8.53. The lowest BCUT2D eigenvalue weighted by Crippen LogP contribution is -2.30. The van der Waals surface area contributed by atoms with Crippen LogP contribution in [0.15, 0.2) is 109 Å². The molecular formula is C29H24N4OS. The van der Waals surface area contributed by atoms with Crippen molar-refractivity contribution < 1.29 is 4.74 Å². The molecule has 2 atom stereocenters. The van der Waals surface area contributed by atoms with E-state index in [9.17, 15) is 0 Å². The molecule has 0 spiro atoms. The van der Waals surface area contributed by atoms with Gasteiger partial charge in [0.25, 0.3) is 0 Å². The highest BCUT2D eigenvalue weighted by Gasteiger charge is 2.42. The van der Waals surface area contributed by atoms with Gasteiger partial charge < -0.3 is 19.5 Å². The lowest BCUT2D eigenvalue weighted by Gasteiger charge is -2.29. The van der Waals surface area contributed by atoms with Crippen molar-refractivity contribution in [3.05, 3.63) is 121 Å². The van der Waals surface area contributed by atoms with Gasteiger partial charge in [-0.15, -0.1) is 0 Å². The third kappa shape index (κ3) is 3.82. The Labute approximate surface area is 209 Å². The fourth-order valence-corrected chi connectivity index (χ4v) is 5.24. The van der Waals surface area contributed by atoms with Crippen LogP contribution in [0.2, 0.25) is 0 Å². The molecule has 0 unspecified atom stereocenters. The molecule has 172 valence electrons. The van der Waals surface area contributed by atoms with Gasteiger partial charge in [-0.05, 0) is 71.5 Å². The van der Waals surface area contributed by atoms with E-state index in [4.69, 9.17) is 17.0 Å². The number of hydrogen-bond donors (Lipinski definition) is 1. The van der Waals surface area contributed by atoms with Crippen molar-refractivity contribution >= 4 is 33.8 Å². The molecule has 3 aromatic carbocycles. The molecule has 1 aliphatic rings. The number of anilines is 1. The Hall–Kier alpha value is -4.16. The summed E-state index contributed by atoms with van der Waals surface area (Å²) in [6.45, 7) is 0. The van der Waals surface area contributed by atoms with E-state index in [-0.39, 0.29) is 12.1 Å². The van der Waals surface area contributed by atoms with Gasteiger partial charge >= 0.3 is 0 Å². The summed E-state index contributed by atoms with van der Waals surface area (Å²) in [5.41, 5.74) is 4.13. The van der Waals surface area contributed by atoms with E-state index < -0.39 is 0 Å². The minimum atomic E-state index is -0.121. The van der Waals surface area contributed by atoms with E-state index in [0.29, 0.717) is 5.11 Å². The lowest BCUT2D eigenvalue weighted by molar-refractivity contribution is 0.414. The number of benzene rings is 3. The molecule has 1 N–H and O–H groups in total. The maximum atomic E-state index is 5.89. The van der Waals surface area contributed by atoms with Gasteiger partial charge in [-0.2, -0.15) is 0 Å². The van der Waals surface area contributed by atoms with Crippen LogP contribution in [0.4, 0.5) is 5.69 Å². The summed E-state index contributed by atoms with van der Waals surface area (Å²) in [6.07, 6.45) is 3.94. The predicted molar refractivity (Wildman–Crippen MR) is 144 cm³/mol. The zero-order chi connectivity index (χ0) is 23.8. The predicted octanol–water partition coefficient (Wildman–Crippen LogP) is 6.21. The summed E-state index contributed by atoms with van der Waals surface area (Å²) >= 11 is 5.89. The van der Waals surface area contributed by atoms with E-state index in [1.807, 2.05) is 42.6 Å². The molecular weight excluding hydrogens is 452 g/mol. The quantitative estimate of drug-likeness (QED) is 0.306. The Morgan fingerprint density at radius 3 is 2.51 bits per heavy atom. The molecule has 5 nitrogen and oxygen atoms in total. The summed E-state index contributed by atoms with van der Waals surface area (Å²) < 4.78 is 7.76. The molecule has 5 aromatic rings. The van der Waals surface area contributed by atoms with Crippen LogP contribution >= 0.6 is 12.2 Å². The van der Waals surface area contributed by atoms with Gasteiger partial charge in [0.1, 0.15) is 11.8 Å². The van der Waals surface area contributed by atoms with Gasteiger partial charge in [0.2, 0.25) is 0 Å². The van der Waals surface area contributed by atoms with Crippen LogP contribution in [0.3, 0.4) is 0 Å². The van der Waals surface area contributed by atoms with E-state index in [1.54, 1.807) is 7.11 Å². The zero-order valence-corrected chi connectivity index (χ0v) is 20.0. The van der Waals surface area contributed by atoms with Crippen molar-refractivity contribution in [3.8, 4) is 11.4 Å². The Kier molecular flexibility index (Phi) is 5.43. The Bertz CT molecular complexity index is 1510. The number of ether oxygens (including phenoxy) is 1. The number of methoxy groups -OCH3 is 1. The molecule has 6 heteroatoms. The summed E-state index contributed by atoms with van der Waals surface area (Å²) in [7, 11) is 1.68. The van der Waals surface area contributed by atoms with Gasteiger partial charge in [0.15, 0.2) is 5.11 Å². The Balaban J connectivity index is 1.51. The third-order valence-corrected chi connectivity index (χ3v) is 6.84. The van der Waals surface area contributed by atoms with E-state index in [2.05, 4.69) is 86.6 Å². The maximum Gasteiger partial charge on any atom is 0.174 e. The largest absolute Gasteiger partial charge is 0.497 e. The van der Waals surface area contributed by atoms with Gasteiger partial charge in [-0.3, -0.25) is 4.98 Å². The number of fused-ring (bicyclic) bond motifs is 1. The van der Waals surface area contributed by atoms with E-state index in [0.717, 1.165) is 28.5 Å². The van der Waals surface area contributed by atoms with Crippen molar-refractivity contribution in [2.45, 2.75) is 12.1 Å². The van der Waals surface area contributed by atoms with Gasteiger partial charge in [0.05, 0.1) is 18.8 Å². The first-order valence-corrected chi connectivity index (χ1v) is 11.9. The topological polar surface area (TPSA) is 42.3 Å². The smallest absolute Gasteiger partial charge is 0.174 e. The monoisotopic (exact) mass is 476 g/mol. The van der Waals surface area contributed by atoms with Crippen LogP contribution in [0.25, 0.3) is 16.5 Å². The average Bonchev–Trinajstić information content (AvgIpc) is 3.53. The minimum absolute atomic E-state index is 0.119. The van der Waals surface area contributed by atoms with E-state index in [1.165, 1.54) is 10.8 Å². The minimum Gasteiger partial charge on any atom is -0.497 e. The fourth-order valence-electron chi connectivity index (χ4n) is 4.89. The molecule has 0 radical (unpaired) electrons. The normalized spacial score (nSPS) is 17.5. The van der Waals surface area contributed by atoms with Crippen molar-refractivity contribution in [2.24, 2.45) is 0 Å². The summed E-state index contributed by atoms with van der Waals surface area (Å²) in [5, 5.41) is 6.63. The maximum absolute atomic E-state index is 5.89. The van der Waals surface area contributed by atoms with Crippen molar-refractivity contribution in [2.75, 3.05) is 12.0 Å².